The van der Waals surface area contributed by atoms with E-state index in [1.807, 2.05) is 36.4 Å². The van der Waals surface area contributed by atoms with Gasteiger partial charge >= 0.3 is 5.97 Å². The quantitative estimate of drug-likeness (QED) is 0.588. The highest BCUT2D eigenvalue weighted by molar-refractivity contribution is 6.00. The van der Waals surface area contributed by atoms with Crippen molar-refractivity contribution >= 4 is 28.2 Å². The van der Waals surface area contributed by atoms with Gasteiger partial charge in [-0.05, 0) is 35.4 Å². The summed E-state index contributed by atoms with van der Waals surface area (Å²) in [5, 5.41) is 10.9. The molecule has 2 aromatic rings. The molecule has 1 N–H and O–H groups in total. The highest BCUT2D eigenvalue weighted by Gasteiger charge is 2.09. The number of fused-ring (bicyclic) bond motifs is 1. The van der Waals surface area contributed by atoms with Gasteiger partial charge in [0.25, 0.3) is 0 Å². The summed E-state index contributed by atoms with van der Waals surface area (Å²) in [6, 6.07) is 11.5. The summed E-state index contributed by atoms with van der Waals surface area (Å²) in [7, 11) is 1.75. The van der Waals surface area contributed by atoms with Crippen LogP contribution in [0.25, 0.3) is 10.8 Å². The molecule has 0 saturated heterocycles. The van der Waals surface area contributed by atoms with Gasteiger partial charge in [0.15, 0.2) is 5.78 Å². The van der Waals surface area contributed by atoms with Crippen molar-refractivity contribution in [3.63, 3.8) is 0 Å². The van der Waals surface area contributed by atoms with Gasteiger partial charge in [0.2, 0.25) is 0 Å². The van der Waals surface area contributed by atoms with Crippen LogP contribution < -0.4 is 4.90 Å². The van der Waals surface area contributed by atoms with Crippen LogP contribution in [-0.2, 0) is 4.79 Å². The molecule has 122 valence electrons. The lowest BCUT2D eigenvalue weighted by Gasteiger charge is -2.17. The standard InChI is InChI=1S/C19H23NO3/c1-3-4-5-6-18(21)16-8-7-15-12-17(10-9-14(15)11-16)20(2)13-19(22)23/h7-12H,3-6,13H2,1-2H3,(H,22,23). The van der Waals surface area contributed by atoms with Crippen molar-refractivity contribution in [2.75, 3.05) is 18.5 Å². The van der Waals surface area contributed by atoms with E-state index in [0.717, 1.165) is 41.3 Å². The third-order valence-corrected chi connectivity index (χ3v) is 3.97. The van der Waals surface area contributed by atoms with Crippen LogP contribution in [0.3, 0.4) is 0 Å². The monoisotopic (exact) mass is 313 g/mol. The number of aliphatic carboxylic acids is 1. The molecule has 0 radical (unpaired) electrons. The lowest BCUT2D eigenvalue weighted by atomic mass is 10.0. The molecule has 23 heavy (non-hydrogen) atoms. The molecule has 0 unspecified atom stereocenters. The van der Waals surface area contributed by atoms with Crippen LogP contribution in [0.2, 0.25) is 0 Å². The van der Waals surface area contributed by atoms with Gasteiger partial charge in [-0.2, -0.15) is 0 Å². The number of benzene rings is 2. The van der Waals surface area contributed by atoms with E-state index in [9.17, 15) is 9.59 Å². The summed E-state index contributed by atoms with van der Waals surface area (Å²) in [6.45, 7) is 2.08. The summed E-state index contributed by atoms with van der Waals surface area (Å²) in [5.74, 6) is -0.673. The van der Waals surface area contributed by atoms with Crippen molar-refractivity contribution in [3.8, 4) is 0 Å². The Kier molecular flexibility index (Phi) is 5.74. The Balaban J connectivity index is 2.18. The Bertz CT molecular complexity index is 709. The van der Waals surface area contributed by atoms with Crippen molar-refractivity contribution in [1.82, 2.24) is 0 Å². The summed E-state index contributed by atoms with van der Waals surface area (Å²) < 4.78 is 0. The minimum atomic E-state index is -0.861. The minimum Gasteiger partial charge on any atom is -0.480 e. The van der Waals surface area contributed by atoms with E-state index in [1.165, 1.54) is 0 Å². The number of rotatable bonds is 8. The van der Waals surface area contributed by atoms with Crippen molar-refractivity contribution in [3.05, 3.63) is 42.0 Å². The van der Waals surface area contributed by atoms with E-state index in [2.05, 4.69) is 6.92 Å². The molecule has 0 spiro atoms. The lowest BCUT2D eigenvalue weighted by molar-refractivity contribution is -0.135. The first-order valence-electron chi connectivity index (χ1n) is 8.01. The first-order valence-corrected chi connectivity index (χ1v) is 8.01. The van der Waals surface area contributed by atoms with Crippen LogP contribution in [-0.4, -0.2) is 30.5 Å². The van der Waals surface area contributed by atoms with Gasteiger partial charge in [-0.15, -0.1) is 0 Å². The molecule has 0 aromatic heterocycles. The first kappa shape index (κ1) is 17.0. The van der Waals surface area contributed by atoms with E-state index in [4.69, 9.17) is 5.11 Å². The average Bonchev–Trinajstić information content (AvgIpc) is 2.53. The predicted octanol–water partition coefficient (Wildman–Crippen LogP) is 4.12. The second-order valence-corrected chi connectivity index (χ2v) is 5.88. The molecule has 0 aliphatic heterocycles. The average molecular weight is 313 g/mol. The Labute approximate surface area is 136 Å². The number of unbranched alkanes of at least 4 members (excludes halogenated alkanes) is 2. The van der Waals surface area contributed by atoms with Gasteiger partial charge in [-0.1, -0.05) is 38.0 Å². The number of hydrogen-bond donors (Lipinski definition) is 1. The number of ketones is 1. The van der Waals surface area contributed by atoms with Gasteiger partial charge < -0.3 is 10.0 Å². The second kappa shape index (κ2) is 7.77. The van der Waals surface area contributed by atoms with Crippen LogP contribution in [0, 0.1) is 0 Å². The fraction of sp³-hybridized carbons (Fsp3) is 0.368. The molecular weight excluding hydrogens is 290 g/mol. The largest absolute Gasteiger partial charge is 0.480 e. The summed E-state index contributed by atoms with van der Waals surface area (Å²) in [4.78, 5) is 24.7. The lowest BCUT2D eigenvalue weighted by Crippen LogP contribution is -2.24. The molecule has 4 heteroatoms. The van der Waals surface area contributed by atoms with E-state index in [-0.39, 0.29) is 12.3 Å². The predicted molar refractivity (Wildman–Crippen MR) is 93.3 cm³/mol. The molecule has 2 rings (SSSR count). The van der Waals surface area contributed by atoms with Gasteiger partial charge in [0.1, 0.15) is 6.54 Å². The van der Waals surface area contributed by atoms with Crippen LogP contribution in [0.5, 0.6) is 0 Å². The molecule has 0 aliphatic rings. The number of carboxylic acid groups (broad SMARTS) is 1. The molecule has 2 aromatic carbocycles. The number of anilines is 1. The highest BCUT2D eigenvalue weighted by Crippen LogP contribution is 2.23. The van der Waals surface area contributed by atoms with Gasteiger partial charge in [-0.3, -0.25) is 9.59 Å². The maximum atomic E-state index is 12.2. The first-order chi connectivity index (χ1) is 11.0. The zero-order valence-corrected chi connectivity index (χ0v) is 13.7. The Morgan fingerprint density at radius 1 is 1.04 bits per heavy atom. The summed E-state index contributed by atoms with van der Waals surface area (Å²) >= 11 is 0. The zero-order chi connectivity index (χ0) is 16.8. The van der Waals surface area contributed by atoms with Crippen LogP contribution in [0.15, 0.2) is 36.4 Å². The number of nitrogens with zero attached hydrogens (tertiary/aromatic N) is 1. The van der Waals surface area contributed by atoms with E-state index < -0.39 is 5.97 Å². The normalized spacial score (nSPS) is 10.7. The maximum absolute atomic E-state index is 12.2. The van der Waals surface area contributed by atoms with E-state index in [0.29, 0.717) is 6.42 Å². The number of Topliss-reactive ketones (excluding diaryl/α,β-unsaturated/α-hetero) is 1. The molecule has 0 bridgehead atoms. The van der Waals surface area contributed by atoms with Crippen molar-refractivity contribution < 1.29 is 14.7 Å². The summed E-state index contributed by atoms with van der Waals surface area (Å²) in [6.07, 6.45) is 3.72. The zero-order valence-electron chi connectivity index (χ0n) is 13.7. The molecule has 4 nitrogen and oxygen atoms in total. The Hall–Kier alpha value is -2.36. The number of likely N-dealkylation sites (N-methyl/N-ethyl adjacent to an activating group) is 1. The van der Waals surface area contributed by atoms with Gasteiger partial charge in [0.05, 0.1) is 0 Å². The molecular formula is C19H23NO3. The molecule has 0 saturated carbocycles. The number of hydrogen-bond acceptors (Lipinski definition) is 3. The smallest absolute Gasteiger partial charge is 0.323 e. The Morgan fingerprint density at radius 3 is 2.43 bits per heavy atom. The minimum absolute atomic E-state index is 0.0422. The number of carbonyl (C=O) groups excluding carboxylic acids is 1. The van der Waals surface area contributed by atoms with Crippen molar-refractivity contribution in [2.24, 2.45) is 0 Å². The highest BCUT2D eigenvalue weighted by atomic mass is 16.4. The topological polar surface area (TPSA) is 57.6 Å². The van der Waals surface area contributed by atoms with Crippen LogP contribution >= 0.6 is 0 Å². The fourth-order valence-electron chi connectivity index (χ4n) is 2.62. The fourth-order valence-corrected chi connectivity index (χ4v) is 2.62. The van der Waals surface area contributed by atoms with E-state index >= 15 is 0 Å². The molecule has 0 heterocycles. The van der Waals surface area contributed by atoms with Crippen LogP contribution in [0.4, 0.5) is 5.69 Å². The molecule has 0 amide bonds. The van der Waals surface area contributed by atoms with Crippen molar-refractivity contribution in [1.29, 1.82) is 0 Å². The third-order valence-electron chi connectivity index (χ3n) is 3.97. The molecule has 0 atom stereocenters. The van der Waals surface area contributed by atoms with E-state index in [1.54, 1.807) is 11.9 Å². The molecule has 0 fully saturated rings. The van der Waals surface area contributed by atoms with Gasteiger partial charge in [0, 0.05) is 24.7 Å². The molecule has 0 aliphatic carbocycles. The SMILES string of the molecule is CCCCCC(=O)c1ccc2cc(N(C)CC(=O)O)ccc2c1. The summed E-state index contributed by atoms with van der Waals surface area (Å²) in [5.41, 5.74) is 1.60. The Morgan fingerprint density at radius 2 is 1.74 bits per heavy atom. The number of carboxylic acids is 1. The van der Waals surface area contributed by atoms with Crippen molar-refractivity contribution in [2.45, 2.75) is 32.6 Å². The maximum Gasteiger partial charge on any atom is 0.323 e. The second-order valence-electron chi connectivity index (χ2n) is 5.88. The van der Waals surface area contributed by atoms with Crippen LogP contribution in [0.1, 0.15) is 43.0 Å². The van der Waals surface area contributed by atoms with Gasteiger partial charge in [-0.25, -0.2) is 0 Å². The number of carbonyl (C=O) groups is 2. The third kappa shape index (κ3) is 4.55.